The van der Waals surface area contributed by atoms with E-state index in [9.17, 15) is 0 Å². The van der Waals surface area contributed by atoms with Crippen LogP contribution in [-0.2, 0) is 0 Å². The third-order valence-corrected chi connectivity index (χ3v) is 3.69. The van der Waals surface area contributed by atoms with E-state index in [2.05, 4.69) is 19.2 Å². The second-order valence-corrected chi connectivity index (χ2v) is 4.81. The minimum absolute atomic E-state index is 0.309. The second-order valence-electron chi connectivity index (χ2n) is 4.54. The highest BCUT2D eigenvalue weighted by molar-refractivity contribution is 6.18. The van der Waals surface area contributed by atoms with E-state index in [4.69, 9.17) is 11.6 Å². The first-order valence-corrected chi connectivity index (χ1v) is 6.07. The minimum atomic E-state index is 0.309. The second kappa shape index (κ2) is 5.21. The molecule has 0 radical (unpaired) electrons. The predicted octanol–water partition coefficient (Wildman–Crippen LogP) is 3.17. The van der Waals surface area contributed by atoms with Gasteiger partial charge in [0.15, 0.2) is 0 Å². The summed E-state index contributed by atoms with van der Waals surface area (Å²) in [6.45, 7) is 5.70. The first-order chi connectivity index (χ1) is 6.22. The first-order valence-electron chi connectivity index (χ1n) is 5.53. The molecule has 0 aromatic rings. The van der Waals surface area contributed by atoms with Crippen LogP contribution in [0.15, 0.2) is 0 Å². The Kier molecular flexibility index (Phi) is 4.54. The fraction of sp³-hybridized carbons (Fsp3) is 1.00. The molecule has 1 rings (SSSR count). The summed E-state index contributed by atoms with van der Waals surface area (Å²) in [6.07, 6.45) is 6.51. The molecule has 13 heavy (non-hydrogen) atoms. The number of halogens is 1. The molecule has 0 aliphatic heterocycles. The van der Waals surface area contributed by atoms with Crippen molar-refractivity contribution in [1.29, 1.82) is 0 Å². The summed E-state index contributed by atoms with van der Waals surface area (Å²) in [4.78, 5) is 0. The van der Waals surface area contributed by atoms with Gasteiger partial charge in [-0.3, -0.25) is 0 Å². The molecule has 0 aromatic heterocycles. The fourth-order valence-electron chi connectivity index (χ4n) is 1.95. The molecule has 2 heteroatoms. The lowest BCUT2D eigenvalue weighted by atomic mass is 9.78. The van der Waals surface area contributed by atoms with Crippen molar-refractivity contribution in [2.24, 2.45) is 5.92 Å². The Labute approximate surface area is 87.2 Å². The molecule has 0 aromatic carbocycles. The van der Waals surface area contributed by atoms with E-state index in [0.717, 1.165) is 18.3 Å². The van der Waals surface area contributed by atoms with E-state index in [0.29, 0.717) is 5.54 Å². The molecule has 78 valence electrons. The van der Waals surface area contributed by atoms with Gasteiger partial charge >= 0.3 is 0 Å². The Morgan fingerprint density at radius 2 is 2.15 bits per heavy atom. The van der Waals surface area contributed by atoms with Gasteiger partial charge in [0, 0.05) is 11.4 Å². The van der Waals surface area contributed by atoms with Crippen LogP contribution >= 0.6 is 11.6 Å². The molecule has 0 bridgehead atoms. The molecule has 1 unspecified atom stereocenters. The number of alkyl halides is 1. The highest BCUT2D eigenvalue weighted by Gasteiger charge is 2.35. The normalized spacial score (nSPS) is 22.4. The SMILES string of the molecule is CCCC(C)CNC1(CCl)CCC1. The zero-order valence-corrected chi connectivity index (χ0v) is 9.66. The smallest absolute Gasteiger partial charge is 0.0406 e. The van der Waals surface area contributed by atoms with Gasteiger partial charge in [0.1, 0.15) is 0 Å². The number of rotatable bonds is 6. The molecule has 1 fully saturated rings. The summed E-state index contributed by atoms with van der Waals surface area (Å²) in [5, 5.41) is 3.63. The van der Waals surface area contributed by atoms with Crippen molar-refractivity contribution >= 4 is 11.6 Å². The van der Waals surface area contributed by atoms with Gasteiger partial charge in [0.05, 0.1) is 0 Å². The number of hydrogen-bond donors (Lipinski definition) is 1. The van der Waals surface area contributed by atoms with Gasteiger partial charge in [0.2, 0.25) is 0 Å². The summed E-state index contributed by atoms with van der Waals surface area (Å²) >= 11 is 5.96. The van der Waals surface area contributed by atoms with E-state index in [1.54, 1.807) is 0 Å². The lowest BCUT2D eigenvalue weighted by Gasteiger charge is -2.42. The van der Waals surface area contributed by atoms with Gasteiger partial charge < -0.3 is 5.32 Å². The highest BCUT2D eigenvalue weighted by atomic mass is 35.5. The quantitative estimate of drug-likeness (QED) is 0.654. The zero-order chi connectivity index (χ0) is 9.73. The number of nitrogens with one attached hydrogen (secondary N) is 1. The maximum absolute atomic E-state index is 5.96. The molecular weight excluding hydrogens is 182 g/mol. The van der Waals surface area contributed by atoms with Crippen molar-refractivity contribution in [3.63, 3.8) is 0 Å². The van der Waals surface area contributed by atoms with Crippen molar-refractivity contribution in [2.45, 2.75) is 51.5 Å². The molecule has 0 spiro atoms. The molecule has 0 amide bonds. The van der Waals surface area contributed by atoms with Gasteiger partial charge in [0.25, 0.3) is 0 Å². The third-order valence-electron chi connectivity index (χ3n) is 3.17. The van der Waals surface area contributed by atoms with Gasteiger partial charge in [-0.05, 0) is 38.1 Å². The fourth-order valence-corrected chi connectivity index (χ4v) is 2.31. The van der Waals surface area contributed by atoms with Crippen molar-refractivity contribution in [1.82, 2.24) is 5.32 Å². The van der Waals surface area contributed by atoms with E-state index in [-0.39, 0.29) is 0 Å². The van der Waals surface area contributed by atoms with Gasteiger partial charge in [-0.25, -0.2) is 0 Å². The number of hydrogen-bond acceptors (Lipinski definition) is 1. The third kappa shape index (κ3) is 3.14. The zero-order valence-electron chi connectivity index (χ0n) is 8.91. The minimum Gasteiger partial charge on any atom is -0.310 e. The summed E-state index contributed by atoms with van der Waals surface area (Å²) < 4.78 is 0. The summed E-state index contributed by atoms with van der Waals surface area (Å²) in [7, 11) is 0. The van der Waals surface area contributed by atoms with Crippen LogP contribution in [-0.4, -0.2) is 18.0 Å². The highest BCUT2D eigenvalue weighted by Crippen LogP contribution is 2.32. The van der Waals surface area contributed by atoms with Crippen LogP contribution < -0.4 is 5.32 Å². The Hall–Kier alpha value is 0.250. The Morgan fingerprint density at radius 3 is 2.54 bits per heavy atom. The van der Waals surface area contributed by atoms with Crippen LogP contribution in [0.2, 0.25) is 0 Å². The summed E-state index contributed by atoms with van der Waals surface area (Å²) in [5.41, 5.74) is 0.309. The lowest BCUT2D eigenvalue weighted by Crippen LogP contribution is -2.53. The Bertz CT molecular complexity index is 138. The monoisotopic (exact) mass is 203 g/mol. The molecule has 1 nitrogen and oxygen atoms in total. The van der Waals surface area contributed by atoms with Crippen molar-refractivity contribution < 1.29 is 0 Å². The largest absolute Gasteiger partial charge is 0.310 e. The van der Waals surface area contributed by atoms with Crippen LogP contribution in [0.25, 0.3) is 0 Å². The molecule has 0 saturated heterocycles. The predicted molar refractivity (Wildman–Crippen MR) is 59.4 cm³/mol. The summed E-state index contributed by atoms with van der Waals surface area (Å²) in [5.74, 6) is 1.58. The maximum Gasteiger partial charge on any atom is 0.0406 e. The molecule has 1 saturated carbocycles. The van der Waals surface area contributed by atoms with E-state index >= 15 is 0 Å². The van der Waals surface area contributed by atoms with Gasteiger partial charge in [-0.15, -0.1) is 11.6 Å². The van der Waals surface area contributed by atoms with Crippen LogP contribution in [0, 0.1) is 5.92 Å². The van der Waals surface area contributed by atoms with Crippen LogP contribution in [0.3, 0.4) is 0 Å². The molecular formula is C11H22ClN. The van der Waals surface area contributed by atoms with Crippen LogP contribution in [0.5, 0.6) is 0 Å². The van der Waals surface area contributed by atoms with Crippen molar-refractivity contribution in [3.8, 4) is 0 Å². The van der Waals surface area contributed by atoms with Crippen LogP contribution in [0.1, 0.15) is 46.0 Å². The van der Waals surface area contributed by atoms with E-state index < -0.39 is 0 Å². The van der Waals surface area contributed by atoms with Crippen LogP contribution in [0.4, 0.5) is 0 Å². The topological polar surface area (TPSA) is 12.0 Å². The average Bonchev–Trinajstić information content (AvgIpc) is 2.04. The Balaban J connectivity index is 2.16. The van der Waals surface area contributed by atoms with E-state index in [1.165, 1.54) is 32.1 Å². The lowest BCUT2D eigenvalue weighted by molar-refractivity contribution is 0.202. The summed E-state index contributed by atoms with van der Waals surface area (Å²) in [6, 6.07) is 0. The molecule has 1 atom stereocenters. The van der Waals surface area contributed by atoms with Gasteiger partial charge in [-0.1, -0.05) is 20.3 Å². The molecule has 0 heterocycles. The first kappa shape index (κ1) is 11.3. The molecule has 1 aliphatic rings. The average molecular weight is 204 g/mol. The standard InChI is InChI=1S/C11H22ClN/c1-3-5-10(2)8-13-11(9-12)6-4-7-11/h10,13H,3-9H2,1-2H3. The Morgan fingerprint density at radius 1 is 1.46 bits per heavy atom. The van der Waals surface area contributed by atoms with Crippen molar-refractivity contribution in [3.05, 3.63) is 0 Å². The van der Waals surface area contributed by atoms with Gasteiger partial charge in [-0.2, -0.15) is 0 Å². The molecule has 1 N–H and O–H groups in total. The van der Waals surface area contributed by atoms with E-state index in [1.807, 2.05) is 0 Å². The molecule has 1 aliphatic carbocycles. The maximum atomic E-state index is 5.96. The van der Waals surface area contributed by atoms with Crippen molar-refractivity contribution in [2.75, 3.05) is 12.4 Å².